The summed E-state index contributed by atoms with van der Waals surface area (Å²) >= 11 is 0. The molecule has 0 amide bonds. The molecule has 17 heavy (non-hydrogen) atoms. The van der Waals surface area contributed by atoms with Gasteiger partial charge in [-0.25, -0.2) is 4.98 Å². The fourth-order valence-corrected chi connectivity index (χ4v) is 1.52. The summed E-state index contributed by atoms with van der Waals surface area (Å²) in [5.41, 5.74) is 1.05. The van der Waals surface area contributed by atoms with Gasteiger partial charge in [0.2, 0.25) is 0 Å². The number of ether oxygens (including phenoxy) is 1. The van der Waals surface area contributed by atoms with Crippen LogP contribution in [0.15, 0.2) is 42.6 Å². The summed E-state index contributed by atoms with van der Waals surface area (Å²) in [6, 6.07) is 9.96. The molecule has 0 bridgehead atoms. The molecule has 0 saturated carbocycles. The molecule has 2 aromatic rings. The molecular formula is C12H10N2O3. The third-order valence-electron chi connectivity index (χ3n) is 2.35. The first-order valence-electron chi connectivity index (χ1n) is 4.96. The van der Waals surface area contributed by atoms with E-state index in [1.54, 1.807) is 37.4 Å². The number of pyridine rings is 1. The van der Waals surface area contributed by atoms with Crippen LogP contribution in [0.5, 0.6) is 5.75 Å². The monoisotopic (exact) mass is 230 g/mol. The smallest absolute Gasteiger partial charge is 0.295 e. The minimum Gasteiger partial charge on any atom is -0.497 e. The molecule has 5 heteroatoms. The van der Waals surface area contributed by atoms with Crippen molar-refractivity contribution in [1.82, 2.24) is 4.98 Å². The molecule has 0 fully saturated rings. The van der Waals surface area contributed by atoms with Crippen LogP contribution in [0.3, 0.4) is 0 Å². The molecule has 0 spiro atoms. The number of aromatic nitrogens is 1. The normalized spacial score (nSPS) is 9.94. The maximum atomic E-state index is 10.9. The van der Waals surface area contributed by atoms with E-state index in [1.165, 1.54) is 12.3 Å². The van der Waals surface area contributed by atoms with Gasteiger partial charge in [-0.1, -0.05) is 0 Å². The Bertz CT molecular complexity index is 538. The lowest BCUT2D eigenvalue weighted by atomic mass is 10.1. The van der Waals surface area contributed by atoms with E-state index in [9.17, 15) is 10.1 Å². The van der Waals surface area contributed by atoms with Gasteiger partial charge in [0.15, 0.2) is 0 Å². The Labute approximate surface area is 97.8 Å². The van der Waals surface area contributed by atoms with Gasteiger partial charge in [0.25, 0.3) is 5.69 Å². The van der Waals surface area contributed by atoms with Crippen molar-refractivity contribution in [2.75, 3.05) is 7.11 Å². The van der Waals surface area contributed by atoms with Crippen molar-refractivity contribution in [3.63, 3.8) is 0 Å². The van der Waals surface area contributed by atoms with Gasteiger partial charge in [-0.2, -0.15) is 0 Å². The molecule has 0 unspecified atom stereocenters. The first kappa shape index (κ1) is 11.1. The van der Waals surface area contributed by atoms with Gasteiger partial charge in [0, 0.05) is 17.8 Å². The highest BCUT2D eigenvalue weighted by molar-refractivity contribution is 5.69. The Balaban J connectivity index is 2.48. The maximum Gasteiger partial charge on any atom is 0.295 e. The average Bonchev–Trinajstić information content (AvgIpc) is 2.39. The third kappa shape index (κ3) is 2.23. The highest BCUT2D eigenvalue weighted by Crippen LogP contribution is 2.28. The zero-order chi connectivity index (χ0) is 12.3. The fraction of sp³-hybridized carbons (Fsp3) is 0.0833. The second-order valence-corrected chi connectivity index (χ2v) is 3.36. The maximum absolute atomic E-state index is 10.9. The first-order chi connectivity index (χ1) is 8.22. The second-order valence-electron chi connectivity index (χ2n) is 3.36. The highest BCUT2D eigenvalue weighted by Gasteiger charge is 2.15. The molecule has 1 heterocycles. The number of nitro groups is 1. The minimum atomic E-state index is -0.438. The lowest BCUT2D eigenvalue weighted by molar-refractivity contribution is -0.384. The first-order valence-corrected chi connectivity index (χ1v) is 4.96. The topological polar surface area (TPSA) is 65.3 Å². The molecule has 1 aromatic carbocycles. The van der Waals surface area contributed by atoms with Gasteiger partial charge in [0.1, 0.15) is 11.4 Å². The summed E-state index contributed by atoms with van der Waals surface area (Å²) in [5, 5.41) is 10.9. The van der Waals surface area contributed by atoms with Crippen LogP contribution in [-0.4, -0.2) is 17.0 Å². The van der Waals surface area contributed by atoms with Crippen molar-refractivity contribution in [3.05, 3.63) is 52.7 Å². The zero-order valence-corrected chi connectivity index (χ0v) is 9.16. The number of methoxy groups -OCH3 is 1. The summed E-state index contributed by atoms with van der Waals surface area (Å²) in [5.74, 6) is 0.701. The number of hydrogen-bond donors (Lipinski definition) is 0. The number of rotatable bonds is 3. The van der Waals surface area contributed by atoms with Crippen LogP contribution in [0.25, 0.3) is 11.3 Å². The Morgan fingerprint density at radius 1 is 1.24 bits per heavy atom. The Kier molecular flexibility index (Phi) is 3.00. The van der Waals surface area contributed by atoms with E-state index in [4.69, 9.17) is 4.74 Å². The summed E-state index contributed by atoms with van der Waals surface area (Å²) < 4.78 is 5.03. The van der Waals surface area contributed by atoms with E-state index in [0.29, 0.717) is 17.0 Å². The molecule has 5 nitrogen and oxygen atoms in total. The molecular weight excluding hydrogens is 220 g/mol. The van der Waals surface area contributed by atoms with Crippen LogP contribution in [0.4, 0.5) is 5.69 Å². The molecule has 0 atom stereocenters. The molecule has 86 valence electrons. The lowest BCUT2D eigenvalue weighted by Crippen LogP contribution is -1.94. The van der Waals surface area contributed by atoms with Gasteiger partial charge >= 0.3 is 0 Å². The molecule has 0 N–H and O–H groups in total. The van der Waals surface area contributed by atoms with Crippen LogP contribution >= 0.6 is 0 Å². The predicted molar refractivity (Wildman–Crippen MR) is 62.9 cm³/mol. The van der Waals surface area contributed by atoms with Crippen molar-refractivity contribution >= 4 is 5.69 Å². The van der Waals surface area contributed by atoms with E-state index in [1.807, 2.05) is 0 Å². The van der Waals surface area contributed by atoms with E-state index in [-0.39, 0.29) is 5.69 Å². The van der Waals surface area contributed by atoms with Crippen molar-refractivity contribution in [3.8, 4) is 17.0 Å². The third-order valence-corrected chi connectivity index (χ3v) is 2.35. The van der Waals surface area contributed by atoms with Gasteiger partial charge in [-0.05, 0) is 30.3 Å². The summed E-state index contributed by atoms with van der Waals surface area (Å²) in [7, 11) is 1.57. The summed E-state index contributed by atoms with van der Waals surface area (Å²) in [6.45, 7) is 0. The number of benzene rings is 1. The van der Waals surface area contributed by atoms with Crippen LogP contribution in [0, 0.1) is 10.1 Å². The molecule has 0 aliphatic rings. The molecule has 2 rings (SSSR count). The number of nitrogens with zero attached hydrogens (tertiary/aromatic N) is 2. The van der Waals surface area contributed by atoms with Gasteiger partial charge in [-0.3, -0.25) is 10.1 Å². The molecule has 0 radical (unpaired) electrons. The Morgan fingerprint density at radius 2 is 1.94 bits per heavy atom. The van der Waals surface area contributed by atoms with E-state index in [2.05, 4.69) is 4.98 Å². The van der Waals surface area contributed by atoms with Crippen molar-refractivity contribution in [1.29, 1.82) is 0 Å². The Morgan fingerprint density at radius 3 is 2.53 bits per heavy atom. The van der Waals surface area contributed by atoms with Crippen LogP contribution in [-0.2, 0) is 0 Å². The van der Waals surface area contributed by atoms with Crippen molar-refractivity contribution in [2.24, 2.45) is 0 Å². The zero-order valence-electron chi connectivity index (χ0n) is 9.16. The van der Waals surface area contributed by atoms with E-state index >= 15 is 0 Å². The number of hydrogen-bond acceptors (Lipinski definition) is 4. The van der Waals surface area contributed by atoms with E-state index < -0.39 is 4.92 Å². The van der Waals surface area contributed by atoms with Crippen molar-refractivity contribution < 1.29 is 9.66 Å². The lowest BCUT2D eigenvalue weighted by Gasteiger charge is -2.03. The highest BCUT2D eigenvalue weighted by atomic mass is 16.6. The predicted octanol–water partition coefficient (Wildman–Crippen LogP) is 2.67. The molecule has 1 aromatic heterocycles. The van der Waals surface area contributed by atoms with Gasteiger partial charge < -0.3 is 4.74 Å². The van der Waals surface area contributed by atoms with Crippen molar-refractivity contribution in [2.45, 2.75) is 0 Å². The summed E-state index contributed by atoms with van der Waals surface area (Å²) in [6.07, 6.45) is 1.53. The molecule has 0 aliphatic carbocycles. The standard InChI is InChI=1S/C12H10N2O3/c1-17-10-6-4-9(5-7-10)12-11(14(15)16)3-2-8-13-12/h2-8H,1H3. The fourth-order valence-electron chi connectivity index (χ4n) is 1.52. The molecule has 0 aliphatic heterocycles. The van der Waals surface area contributed by atoms with Gasteiger partial charge in [0.05, 0.1) is 12.0 Å². The van der Waals surface area contributed by atoms with Crippen LogP contribution in [0.2, 0.25) is 0 Å². The minimum absolute atomic E-state index is 0.00216. The summed E-state index contributed by atoms with van der Waals surface area (Å²) in [4.78, 5) is 14.5. The van der Waals surface area contributed by atoms with E-state index in [0.717, 1.165) is 0 Å². The van der Waals surface area contributed by atoms with Crippen LogP contribution in [0.1, 0.15) is 0 Å². The Hall–Kier alpha value is -2.43. The average molecular weight is 230 g/mol. The second kappa shape index (κ2) is 4.61. The quantitative estimate of drug-likeness (QED) is 0.600. The largest absolute Gasteiger partial charge is 0.497 e. The molecule has 0 saturated heterocycles. The SMILES string of the molecule is COc1ccc(-c2ncccc2[N+](=O)[O-])cc1. The van der Waals surface area contributed by atoms with Gasteiger partial charge in [-0.15, -0.1) is 0 Å². The van der Waals surface area contributed by atoms with Crippen LogP contribution < -0.4 is 4.74 Å².